The molecule has 1 aliphatic rings. The van der Waals surface area contributed by atoms with Crippen LogP contribution in [0.25, 0.3) is 28.2 Å². The van der Waals surface area contributed by atoms with Crippen molar-refractivity contribution < 1.29 is 4.79 Å². The normalized spacial score (nSPS) is 14.0. The fourth-order valence-corrected chi connectivity index (χ4v) is 5.28. The Bertz CT molecular complexity index is 1820. The van der Waals surface area contributed by atoms with Crippen LogP contribution in [0.2, 0.25) is 0 Å². The van der Waals surface area contributed by atoms with E-state index in [0.717, 1.165) is 38.2 Å². The standard InChI is InChI=1S/C31H31N11O/c1-40(2)31(43)25-10-9-24-30(38-25)42(29(37-24)23-4-3-14-35-28(23)33)22-7-5-20(6-8-22)19-41-16-12-21(13-17-41)36-26-11-15-34-27(18-32)39-26/h3-11,14-15,21H,12-13,16-17,19H2,1-2H3,(H2,33,35)(H,34,36,39). The highest BCUT2D eigenvalue weighted by Crippen LogP contribution is 2.31. The minimum absolute atomic E-state index is 0.170. The van der Waals surface area contributed by atoms with Crippen molar-refractivity contribution in [2.45, 2.75) is 25.4 Å². The summed E-state index contributed by atoms with van der Waals surface area (Å²) in [5.41, 5.74) is 10.5. The van der Waals surface area contributed by atoms with Crippen LogP contribution in [0.15, 0.2) is 67.0 Å². The van der Waals surface area contributed by atoms with E-state index in [1.807, 2.05) is 41.0 Å². The summed E-state index contributed by atoms with van der Waals surface area (Å²) in [6.07, 6.45) is 5.19. The molecule has 0 atom stereocenters. The maximum Gasteiger partial charge on any atom is 0.272 e. The van der Waals surface area contributed by atoms with Gasteiger partial charge in [0.05, 0.1) is 5.56 Å². The molecule has 0 spiro atoms. The predicted molar refractivity (Wildman–Crippen MR) is 163 cm³/mol. The fourth-order valence-electron chi connectivity index (χ4n) is 5.28. The molecule has 0 saturated carbocycles. The van der Waals surface area contributed by atoms with Crippen molar-refractivity contribution in [3.63, 3.8) is 0 Å². The van der Waals surface area contributed by atoms with E-state index in [-0.39, 0.29) is 11.7 Å². The SMILES string of the molecule is CN(C)C(=O)c1ccc2nc(-c3cccnc3N)n(-c3ccc(CN4CCC(Nc5ccnc(C#N)n5)CC4)cc3)c2n1. The number of imidazole rings is 1. The molecule has 4 aromatic heterocycles. The second kappa shape index (κ2) is 11.8. The Kier molecular flexibility index (Phi) is 7.63. The molecule has 1 aromatic carbocycles. The van der Waals surface area contributed by atoms with E-state index in [0.29, 0.717) is 45.9 Å². The second-order valence-electron chi connectivity index (χ2n) is 10.7. The lowest BCUT2D eigenvalue weighted by Crippen LogP contribution is -2.38. The van der Waals surface area contributed by atoms with Gasteiger partial charge < -0.3 is 16.0 Å². The maximum absolute atomic E-state index is 12.7. The molecule has 5 aromatic rings. The van der Waals surface area contributed by atoms with Gasteiger partial charge in [0.1, 0.15) is 28.9 Å². The molecule has 12 nitrogen and oxygen atoms in total. The number of carbonyl (C=O) groups is 1. The van der Waals surface area contributed by atoms with Crippen molar-refractivity contribution in [3.05, 3.63) is 84.1 Å². The summed E-state index contributed by atoms with van der Waals surface area (Å²) in [4.78, 5) is 38.6. The maximum atomic E-state index is 12.7. The topological polar surface area (TPSA) is 155 Å². The predicted octanol–water partition coefficient (Wildman–Crippen LogP) is 3.50. The number of piperidine rings is 1. The van der Waals surface area contributed by atoms with Crippen molar-refractivity contribution in [3.8, 4) is 23.1 Å². The number of pyridine rings is 2. The third kappa shape index (κ3) is 5.84. The zero-order valence-corrected chi connectivity index (χ0v) is 24.0. The highest BCUT2D eigenvalue weighted by atomic mass is 16.2. The molecule has 1 saturated heterocycles. The summed E-state index contributed by atoms with van der Waals surface area (Å²) in [6, 6.07) is 19.6. The number of carbonyl (C=O) groups excluding carboxylic acids is 1. The van der Waals surface area contributed by atoms with Gasteiger partial charge >= 0.3 is 0 Å². The molecule has 43 heavy (non-hydrogen) atoms. The molecule has 0 unspecified atom stereocenters. The van der Waals surface area contributed by atoms with E-state index in [9.17, 15) is 4.79 Å². The van der Waals surface area contributed by atoms with Gasteiger partial charge in [-0.3, -0.25) is 14.3 Å². The van der Waals surface area contributed by atoms with Crippen LogP contribution in [0.1, 0.15) is 34.7 Å². The van der Waals surface area contributed by atoms with Crippen LogP contribution in [0.3, 0.4) is 0 Å². The highest BCUT2D eigenvalue weighted by Gasteiger charge is 2.22. The molecule has 0 bridgehead atoms. The zero-order chi connectivity index (χ0) is 29.9. The van der Waals surface area contributed by atoms with Crippen molar-refractivity contribution >= 4 is 28.7 Å². The summed E-state index contributed by atoms with van der Waals surface area (Å²) < 4.78 is 1.93. The molecule has 1 amide bonds. The Labute approximate surface area is 248 Å². The van der Waals surface area contributed by atoms with Crippen LogP contribution >= 0.6 is 0 Å². The van der Waals surface area contributed by atoms with Gasteiger partial charge in [-0.1, -0.05) is 12.1 Å². The molecule has 5 heterocycles. The first-order chi connectivity index (χ1) is 20.9. The van der Waals surface area contributed by atoms with Gasteiger partial charge in [0, 0.05) is 57.9 Å². The number of hydrogen-bond acceptors (Lipinski definition) is 10. The largest absolute Gasteiger partial charge is 0.383 e. The summed E-state index contributed by atoms with van der Waals surface area (Å²) >= 11 is 0. The number of nitrogens with zero attached hydrogens (tertiary/aromatic N) is 9. The second-order valence-corrected chi connectivity index (χ2v) is 10.7. The van der Waals surface area contributed by atoms with Crippen molar-refractivity contribution in [2.75, 3.05) is 38.2 Å². The van der Waals surface area contributed by atoms with Gasteiger partial charge in [-0.25, -0.2) is 24.9 Å². The Hall–Kier alpha value is -5.41. The number of nitrogens with one attached hydrogen (secondary N) is 1. The first-order valence-electron chi connectivity index (χ1n) is 14.0. The van der Waals surface area contributed by atoms with Crippen LogP contribution in [-0.2, 0) is 6.54 Å². The molecular formula is C31H31N11O. The number of benzene rings is 1. The van der Waals surface area contributed by atoms with Crippen molar-refractivity contribution in [2.24, 2.45) is 0 Å². The third-order valence-corrected chi connectivity index (χ3v) is 7.51. The lowest BCUT2D eigenvalue weighted by Gasteiger charge is -2.32. The van der Waals surface area contributed by atoms with E-state index >= 15 is 0 Å². The number of hydrogen-bond donors (Lipinski definition) is 2. The molecular weight excluding hydrogens is 542 g/mol. The molecule has 1 fully saturated rings. The Balaban J connectivity index is 1.22. The lowest BCUT2D eigenvalue weighted by atomic mass is 10.0. The molecule has 1 aliphatic heterocycles. The molecule has 6 rings (SSSR count). The smallest absolute Gasteiger partial charge is 0.272 e. The number of fused-ring (bicyclic) bond motifs is 1. The van der Waals surface area contributed by atoms with Gasteiger partial charge in [0.15, 0.2) is 11.5 Å². The number of amides is 1. The van der Waals surface area contributed by atoms with E-state index in [1.165, 1.54) is 10.5 Å². The molecule has 3 N–H and O–H groups in total. The van der Waals surface area contributed by atoms with Crippen LogP contribution in [0, 0.1) is 11.3 Å². The minimum atomic E-state index is -0.185. The van der Waals surface area contributed by atoms with E-state index in [4.69, 9.17) is 21.0 Å². The monoisotopic (exact) mass is 573 g/mol. The lowest BCUT2D eigenvalue weighted by molar-refractivity contribution is 0.0822. The minimum Gasteiger partial charge on any atom is -0.383 e. The quantitative estimate of drug-likeness (QED) is 0.295. The molecule has 0 aliphatic carbocycles. The number of aromatic nitrogens is 6. The summed E-state index contributed by atoms with van der Waals surface area (Å²) in [7, 11) is 3.41. The Morgan fingerprint density at radius 1 is 1.02 bits per heavy atom. The van der Waals surface area contributed by atoms with Gasteiger partial charge in [0.2, 0.25) is 5.82 Å². The summed E-state index contributed by atoms with van der Waals surface area (Å²) in [5, 5.41) is 12.5. The number of nitrogen functional groups attached to an aromatic ring is 1. The zero-order valence-electron chi connectivity index (χ0n) is 24.0. The number of nitrogens with two attached hydrogens (primary N) is 1. The molecule has 12 heteroatoms. The first kappa shape index (κ1) is 27.7. The average Bonchev–Trinajstić information content (AvgIpc) is 3.41. The van der Waals surface area contributed by atoms with Crippen LogP contribution in [-0.4, -0.2) is 78.4 Å². The first-order valence-corrected chi connectivity index (χ1v) is 14.0. The number of nitriles is 1. The van der Waals surface area contributed by atoms with Crippen LogP contribution in [0.5, 0.6) is 0 Å². The van der Waals surface area contributed by atoms with Crippen LogP contribution in [0.4, 0.5) is 11.6 Å². The highest BCUT2D eigenvalue weighted by molar-refractivity contribution is 5.94. The molecule has 0 radical (unpaired) electrons. The summed E-state index contributed by atoms with van der Waals surface area (Å²) in [6.45, 7) is 2.71. The Morgan fingerprint density at radius 3 is 2.53 bits per heavy atom. The van der Waals surface area contributed by atoms with Crippen LogP contribution < -0.4 is 11.1 Å². The van der Waals surface area contributed by atoms with E-state index in [1.54, 1.807) is 38.6 Å². The van der Waals surface area contributed by atoms with Gasteiger partial charge in [0.25, 0.3) is 5.91 Å². The average molecular weight is 574 g/mol. The number of rotatable bonds is 7. The third-order valence-electron chi connectivity index (χ3n) is 7.51. The van der Waals surface area contributed by atoms with Gasteiger partial charge in [-0.2, -0.15) is 5.26 Å². The van der Waals surface area contributed by atoms with Crippen molar-refractivity contribution in [1.82, 2.24) is 39.3 Å². The van der Waals surface area contributed by atoms with Gasteiger partial charge in [-0.05, 0) is 60.9 Å². The van der Waals surface area contributed by atoms with E-state index < -0.39 is 0 Å². The van der Waals surface area contributed by atoms with E-state index in [2.05, 4.69) is 37.3 Å². The number of anilines is 2. The number of likely N-dealkylation sites (tertiary alicyclic amines) is 1. The molecule has 216 valence electrons. The fraction of sp³-hybridized carbons (Fsp3) is 0.258. The Morgan fingerprint density at radius 2 is 1.81 bits per heavy atom. The van der Waals surface area contributed by atoms with Gasteiger partial charge in [-0.15, -0.1) is 0 Å². The summed E-state index contributed by atoms with van der Waals surface area (Å²) in [5.74, 6) is 1.64. The van der Waals surface area contributed by atoms with Crippen molar-refractivity contribution in [1.29, 1.82) is 5.26 Å².